The van der Waals surface area contributed by atoms with Gasteiger partial charge in [0.2, 0.25) is 11.6 Å². The fraction of sp³-hybridized carbons (Fsp3) is 0.536. The molecule has 3 fully saturated rings. The molecule has 4 aromatic rings. The second kappa shape index (κ2) is 10.2. The Hall–Kier alpha value is -3.57. The Morgan fingerprint density at radius 3 is 2.36 bits per heavy atom. The Bertz CT molecular complexity index is 1510. The summed E-state index contributed by atoms with van der Waals surface area (Å²) in [6.07, 6.45) is 9.93. The topological polar surface area (TPSA) is 99.7 Å². The number of nitrogens with zero attached hydrogens (tertiary/aromatic N) is 9. The Morgan fingerprint density at radius 1 is 0.872 bits per heavy atom. The van der Waals surface area contributed by atoms with Crippen LogP contribution < -0.4 is 15.8 Å². The molecule has 0 spiro atoms. The van der Waals surface area contributed by atoms with Gasteiger partial charge < -0.3 is 15.1 Å². The van der Waals surface area contributed by atoms with Gasteiger partial charge in [-0.25, -0.2) is 4.98 Å². The number of hydrogen-bond donors (Lipinski definition) is 1. The lowest BCUT2D eigenvalue weighted by Crippen LogP contribution is -2.52. The molecule has 11 nitrogen and oxygen atoms in total. The lowest BCUT2D eigenvalue weighted by Gasteiger charge is -2.42. The Kier molecular flexibility index (Phi) is 6.40. The SMILES string of the molecule is CN1CCN(C2CCN(c3ccc(Nc4ncc5c(n4)n(C4CCCC4)c(=O)c4nncn45)cc3)CC2)CC1. The first-order valence-electron chi connectivity index (χ1n) is 14.3. The monoisotopic (exact) mass is 528 g/mol. The number of nitrogens with one attached hydrogen (secondary N) is 1. The predicted octanol–water partition coefficient (Wildman–Crippen LogP) is 2.91. The number of piperidine rings is 1. The average Bonchev–Trinajstić information content (AvgIpc) is 3.68. The van der Waals surface area contributed by atoms with Crippen molar-refractivity contribution in [2.75, 3.05) is 56.5 Å². The molecule has 5 heterocycles. The van der Waals surface area contributed by atoms with Crippen LogP contribution in [-0.2, 0) is 0 Å². The molecule has 3 aromatic heterocycles. The zero-order chi connectivity index (χ0) is 26.3. The van der Waals surface area contributed by atoms with E-state index in [9.17, 15) is 4.79 Å². The zero-order valence-electron chi connectivity index (χ0n) is 22.5. The van der Waals surface area contributed by atoms with Crippen LogP contribution in [-0.4, -0.2) is 91.3 Å². The summed E-state index contributed by atoms with van der Waals surface area (Å²) >= 11 is 0. The molecule has 0 atom stereocenters. The third kappa shape index (κ3) is 4.63. The molecule has 0 unspecified atom stereocenters. The van der Waals surface area contributed by atoms with Crippen molar-refractivity contribution in [3.05, 3.63) is 47.1 Å². The minimum atomic E-state index is -0.141. The molecule has 3 aliphatic rings. The van der Waals surface area contributed by atoms with E-state index in [4.69, 9.17) is 4.98 Å². The number of hydrogen-bond acceptors (Lipinski definition) is 9. The maximum absolute atomic E-state index is 13.3. The molecule has 11 heteroatoms. The standard InChI is InChI=1S/C28H36N10O/c1-34-14-16-36(17-15-34)22-10-12-35(13-11-22)21-8-6-20(7-9-21)31-28-29-18-24-25(32-28)38(23-4-2-3-5-23)27(39)26-33-30-19-37(24)26/h6-9,18-19,22-23H,2-5,10-17H2,1H3,(H,29,31,32). The third-order valence-electron chi connectivity index (χ3n) is 8.89. The van der Waals surface area contributed by atoms with Crippen molar-refractivity contribution >= 4 is 34.1 Å². The van der Waals surface area contributed by atoms with E-state index >= 15 is 0 Å². The van der Waals surface area contributed by atoms with Crippen LogP contribution in [0.1, 0.15) is 44.6 Å². The molecule has 1 N–H and O–H groups in total. The molecule has 2 saturated heterocycles. The summed E-state index contributed by atoms with van der Waals surface area (Å²) in [7, 11) is 2.22. The molecular formula is C28H36N10O. The van der Waals surface area contributed by atoms with E-state index in [1.165, 1.54) is 44.7 Å². The van der Waals surface area contributed by atoms with E-state index in [1.807, 2.05) is 4.57 Å². The number of anilines is 3. The average molecular weight is 529 g/mol. The number of aromatic nitrogens is 6. The summed E-state index contributed by atoms with van der Waals surface area (Å²) in [6.45, 7) is 6.93. The molecule has 1 saturated carbocycles. The fourth-order valence-electron chi connectivity index (χ4n) is 6.60. The number of likely N-dealkylation sites (N-methyl/N-ethyl adjacent to an activating group) is 1. The number of piperazine rings is 1. The van der Waals surface area contributed by atoms with Crippen molar-refractivity contribution in [2.45, 2.75) is 50.6 Å². The van der Waals surface area contributed by atoms with Crippen LogP contribution >= 0.6 is 0 Å². The molecule has 0 radical (unpaired) electrons. The minimum absolute atomic E-state index is 0.129. The number of benzene rings is 1. The van der Waals surface area contributed by atoms with Gasteiger partial charge in [0.05, 0.1) is 6.20 Å². The smallest absolute Gasteiger partial charge is 0.298 e. The van der Waals surface area contributed by atoms with E-state index < -0.39 is 0 Å². The number of rotatable bonds is 5. The van der Waals surface area contributed by atoms with Crippen LogP contribution in [0.4, 0.5) is 17.3 Å². The van der Waals surface area contributed by atoms with E-state index in [0.717, 1.165) is 50.0 Å². The van der Waals surface area contributed by atoms with Gasteiger partial charge in [0.1, 0.15) is 11.8 Å². The van der Waals surface area contributed by atoms with Gasteiger partial charge in [0, 0.05) is 62.7 Å². The van der Waals surface area contributed by atoms with Crippen LogP contribution in [0.25, 0.3) is 16.8 Å². The van der Waals surface area contributed by atoms with Crippen molar-refractivity contribution in [1.82, 2.24) is 38.9 Å². The lowest BCUT2D eigenvalue weighted by atomic mass is 10.0. The first-order valence-corrected chi connectivity index (χ1v) is 14.3. The summed E-state index contributed by atoms with van der Waals surface area (Å²) in [4.78, 5) is 30.3. The van der Waals surface area contributed by atoms with Crippen molar-refractivity contribution in [1.29, 1.82) is 0 Å². The van der Waals surface area contributed by atoms with Gasteiger partial charge in [0.25, 0.3) is 5.56 Å². The van der Waals surface area contributed by atoms with Gasteiger partial charge >= 0.3 is 0 Å². The van der Waals surface area contributed by atoms with E-state index in [0.29, 0.717) is 23.3 Å². The maximum Gasteiger partial charge on any atom is 0.298 e. The van der Waals surface area contributed by atoms with Gasteiger partial charge in [0.15, 0.2) is 5.65 Å². The summed E-state index contributed by atoms with van der Waals surface area (Å²) < 4.78 is 3.50. The van der Waals surface area contributed by atoms with Crippen LogP contribution in [0.2, 0.25) is 0 Å². The highest BCUT2D eigenvalue weighted by molar-refractivity contribution is 5.75. The van der Waals surface area contributed by atoms with Gasteiger partial charge in [-0.15, -0.1) is 10.2 Å². The van der Waals surface area contributed by atoms with Crippen molar-refractivity contribution in [2.24, 2.45) is 0 Å². The highest BCUT2D eigenvalue weighted by atomic mass is 16.1. The largest absolute Gasteiger partial charge is 0.371 e. The van der Waals surface area contributed by atoms with E-state index in [2.05, 4.69) is 66.5 Å². The molecular weight excluding hydrogens is 492 g/mol. The second-order valence-electron chi connectivity index (χ2n) is 11.3. The highest BCUT2D eigenvalue weighted by Gasteiger charge is 2.27. The normalized spacial score (nSPS) is 20.4. The molecule has 1 aliphatic carbocycles. The Balaban J connectivity index is 1.08. The molecule has 0 bridgehead atoms. The zero-order valence-corrected chi connectivity index (χ0v) is 22.5. The van der Waals surface area contributed by atoms with Crippen LogP contribution in [0.3, 0.4) is 0 Å². The summed E-state index contributed by atoms with van der Waals surface area (Å²) in [5, 5.41) is 11.4. The molecule has 0 amide bonds. The summed E-state index contributed by atoms with van der Waals surface area (Å²) in [5.74, 6) is 0.474. The van der Waals surface area contributed by atoms with Crippen LogP contribution in [0.15, 0.2) is 41.6 Å². The molecule has 2 aliphatic heterocycles. The van der Waals surface area contributed by atoms with Crippen molar-refractivity contribution in [3.8, 4) is 0 Å². The molecule has 1 aromatic carbocycles. The summed E-state index contributed by atoms with van der Waals surface area (Å²) in [5.41, 5.74) is 3.71. The van der Waals surface area contributed by atoms with Gasteiger partial charge in [-0.1, -0.05) is 12.8 Å². The number of fused-ring (bicyclic) bond motifs is 3. The van der Waals surface area contributed by atoms with Crippen LogP contribution in [0, 0.1) is 0 Å². The minimum Gasteiger partial charge on any atom is -0.371 e. The van der Waals surface area contributed by atoms with Crippen molar-refractivity contribution < 1.29 is 0 Å². The maximum atomic E-state index is 13.3. The highest BCUT2D eigenvalue weighted by Crippen LogP contribution is 2.31. The molecule has 39 heavy (non-hydrogen) atoms. The van der Waals surface area contributed by atoms with Crippen LogP contribution in [0.5, 0.6) is 0 Å². The molecule has 7 rings (SSSR count). The van der Waals surface area contributed by atoms with E-state index in [-0.39, 0.29) is 11.6 Å². The van der Waals surface area contributed by atoms with Gasteiger partial charge in [-0.2, -0.15) is 4.98 Å². The predicted molar refractivity (Wildman–Crippen MR) is 152 cm³/mol. The lowest BCUT2D eigenvalue weighted by molar-refractivity contribution is 0.0982. The third-order valence-corrected chi connectivity index (χ3v) is 8.89. The summed E-state index contributed by atoms with van der Waals surface area (Å²) in [6, 6.07) is 9.36. The Morgan fingerprint density at radius 2 is 1.62 bits per heavy atom. The van der Waals surface area contributed by atoms with Gasteiger partial charge in [-0.05, 0) is 57.0 Å². The van der Waals surface area contributed by atoms with Crippen molar-refractivity contribution in [3.63, 3.8) is 0 Å². The Labute approximate surface area is 227 Å². The first kappa shape index (κ1) is 24.5. The van der Waals surface area contributed by atoms with E-state index in [1.54, 1.807) is 16.9 Å². The second-order valence-corrected chi connectivity index (χ2v) is 11.3. The molecule has 204 valence electrons. The quantitative estimate of drug-likeness (QED) is 0.419. The fourth-order valence-corrected chi connectivity index (χ4v) is 6.60. The van der Waals surface area contributed by atoms with Gasteiger partial charge in [-0.3, -0.25) is 18.7 Å². The first-order chi connectivity index (χ1) is 19.1.